The second-order valence-corrected chi connectivity index (χ2v) is 23.8. The van der Waals surface area contributed by atoms with Crippen molar-refractivity contribution in [2.75, 3.05) is 13.2 Å². The predicted molar refractivity (Wildman–Crippen MR) is 339 cm³/mol. The lowest BCUT2D eigenvalue weighted by molar-refractivity contribution is -0.167. The maximum Gasteiger partial charge on any atom is 0.306 e. The number of ether oxygens (including phenoxy) is 3. The van der Waals surface area contributed by atoms with Gasteiger partial charge >= 0.3 is 17.9 Å². The fourth-order valence-electron chi connectivity index (χ4n) is 10.6. The number of unbranched alkanes of at least 4 members (excludes halogenated alkanes) is 48. The highest BCUT2D eigenvalue weighted by molar-refractivity contribution is 5.71. The molecule has 0 radical (unpaired) electrons. The SMILES string of the molecule is CCCCC/C=C\C/C=C\CCCCCCCCCCCC(=O)OC(COC(=O)CCCCCCC/C=C\CCCCCCCCC)COC(=O)CCCCCCCCCCCCCCCCCCCCCCCCCCC. The summed E-state index contributed by atoms with van der Waals surface area (Å²) in [5.74, 6) is -0.857. The third kappa shape index (κ3) is 64.5. The normalized spacial score (nSPS) is 12.2. The minimum atomic E-state index is -0.777. The molecule has 0 aromatic heterocycles. The Morgan fingerprint density at radius 2 is 0.462 bits per heavy atom. The van der Waals surface area contributed by atoms with Crippen LogP contribution in [0.2, 0.25) is 0 Å². The first-order valence-corrected chi connectivity index (χ1v) is 35.0. The molecular weight excluding hydrogens is 961 g/mol. The summed E-state index contributed by atoms with van der Waals surface area (Å²) in [6.45, 7) is 6.68. The van der Waals surface area contributed by atoms with E-state index in [9.17, 15) is 14.4 Å². The Hall–Kier alpha value is -2.37. The summed E-state index contributed by atoms with van der Waals surface area (Å²) in [4.78, 5) is 38.4. The van der Waals surface area contributed by atoms with Crippen LogP contribution in [-0.4, -0.2) is 37.2 Å². The van der Waals surface area contributed by atoms with Gasteiger partial charge in [-0.15, -0.1) is 0 Å². The highest BCUT2D eigenvalue weighted by atomic mass is 16.6. The number of carbonyl (C=O) groups is 3. The van der Waals surface area contributed by atoms with Gasteiger partial charge in [0, 0.05) is 19.3 Å². The van der Waals surface area contributed by atoms with Crippen molar-refractivity contribution in [2.45, 2.75) is 393 Å². The highest BCUT2D eigenvalue weighted by Gasteiger charge is 2.19. The molecule has 0 bridgehead atoms. The highest BCUT2D eigenvalue weighted by Crippen LogP contribution is 2.18. The van der Waals surface area contributed by atoms with E-state index in [-0.39, 0.29) is 31.1 Å². The Morgan fingerprint density at radius 3 is 0.744 bits per heavy atom. The maximum absolute atomic E-state index is 12.9. The number of hydrogen-bond donors (Lipinski definition) is 0. The Morgan fingerprint density at radius 1 is 0.256 bits per heavy atom. The van der Waals surface area contributed by atoms with Crippen LogP contribution >= 0.6 is 0 Å². The van der Waals surface area contributed by atoms with Crippen LogP contribution < -0.4 is 0 Å². The third-order valence-electron chi connectivity index (χ3n) is 15.9. The molecule has 1 atom stereocenters. The topological polar surface area (TPSA) is 78.9 Å². The first-order chi connectivity index (χ1) is 38.5. The van der Waals surface area contributed by atoms with Crippen molar-refractivity contribution in [3.63, 3.8) is 0 Å². The summed E-state index contributed by atoms with van der Waals surface area (Å²) in [5, 5.41) is 0. The molecule has 0 N–H and O–H groups in total. The summed E-state index contributed by atoms with van der Waals surface area (Å²) in [6, 6.07) is 0. The molecule has 0 aromatic rings. The predicted octanol–water partition coefficient (Wildman–Crippen LogP) is 23.9. The molecule has 0 saturated heterocycles. The molecule has 0 aliphatic heterocycles. The largest absolute Gasteiger partial charge is 0.462 e. The Labute approximate surface area is 486 Å². The lowest BCUT2D eigenvalue weighted by Crippen LogP contribution is -2.30. The van der Waals surface area contributed by atoms with E-state index in [1.54, 1.807) is 0 Å². The van der Waals surface area contributed by atoms with Gasteiger partial charge in [-0.1, -0.05) is 327 Å². The molecule has 0 spiro atoms. The Kier molecular flexibility index (Phi) is 65.1. The van der Waals surface area contributed by atoms with E-state index in [0.29, 0.717) is 19.3 Å². The average molecular weight is 1100 g/mol. The van der Waals surface area contributed by atoms with Crippen molar-refractivity contribution in [3.05, 3.63) is 36.5 Å². The van der Waals surface area contributed by atoms with E-state index in [4.69, 9.17) is 14.2 Å². The van der Waals surface area contributed by atoms with Gasteiger partial charge in [0.1, 0.15) is 13.2 Å². The van der Waals surface area contributed by atoms with Crippen LogP contribution in [0.25, 0.3) is 0 Å². The molecular formula is C72H134O6. The van der Waals surface area contributed by atoms with Crippen molar-refractivity contribution in [1.29, 1.82) is 0 Å². The van der Waals surface area contributed by atoms with E-state index >= 15 is 0 Å². The molecule has 0 aliphatic rings. The lowest BCUT2D eigenvalue weighted by atomic mass is 10.0. The van der Waals surface area contributed by atoms with Gasteiger partial charge in [0.15, 0.2) is 6.10 Å². The van der Waals surface area contributed by atoms with Crippen molar-refractivity contribution >= 4 is 17.9 Å². The summed E-state index contributed by atoms with van der Waals surface area (Å²) >= 11 is 0. The molecule has 0 fully saturated rings. The first kappa shape index (κ1) is 75.6. The van der Waals surface area contributed by atoms with Crippen molar-refractivity contribution in [3.8, 4) is 0 Å². The van der Waals surface area contributed by atoms with E-state index < -0.39 is 6.10 Å². The summed E-state index contributed by atoms with van der Waals surface area (Å²) in [7, 11) is 0. The van der Waals surface area contributed by atoms with Gasteiger partial charge in [0.25, 0.3) is 0 Å². The molecule has 6 nitrogen and oxygen atoms in total. The van der Waals surface area contributed by atoms with Gasteiger partial charge in [-0.3, -0.25) is 14.4 Å². The molecule has 0 amide bonds. The number of rotatable bonds is 65. The summed E-state index contributed by atoms with van der Waals surface area (Å²) in [6.07, 6.45) is 83.1. The van der Waals surface area contributed by atoms with Gasteiger partial charge in [0.2, 0.25) is 0 Å². The number of hydrogen-bond acceptors (Lipinski definition) is 6. The monoisotopic (exact) mass is 1100 g/mol. The van der Waals surface area contributed by atoms with E-state index in [1.165, 1.54) is 276 Å². The number of allylic oxidation sites excluding steroid dienone is 6. The maximum atomic E-state index is 12.9. The van der Waals surface area contributed by atoms with Gasteiger partial charge in [-0.05, 0) is 77.0 Å². The smallest absolute Gasteiger partial charge is 0.306 e. The van der Waals surface area contributed by atoms with Crippen LogP contribution in [0.1, 0.15) is 387 Å². The molecule has 0 rings (SSSR count). The van der Waals surface area contributed by atoms with Crippen LogP contribution in [0.15, 0.2) is 36.5 Å². The van der Waals surface area contributed by atoms with E-state index in [0.717, 1.165) is 70.6 Å². The third-order valence-corrected chi connectivity index (χ3v) is 15.9. The molecule has 6 heteroatoms. The number of carbonyl (C=O) groups excluding carboxylic acids is 3. The van der Waals surface area contributed by atoms with Crippen molar-refractivity contribution in [2.24, 2.45) is 0 Å². The molecule has 458 valence electrons. The molecule has 0 aliphatic carbocycles. The first-order valence-electron chi connectivity index (χ1n) is 35.0. The molecule has 0 aromatic carbocycles. The van der Waals surface area contributed by atoms with Crippen molar-refractivity contribution < 1.29 is 28.6 Å². The van der Waals surface area contributed by atoms with Crippen LogP contribution in [0.4, 0.5) is 0 Å². The van der Waals surface area contributed by atoms with Crippen molar-refractivity contribution in [1.82, 2.24) is 0 Å². The van der Waals surface area contributed by atoms with Gasteiger partial charge < -0.3 is 14.2 Å². The fraction of sp³-hybridized carbons (Fsp3) is 0.875. The summed E-state index contributed by atoms with van der Waals surface area (Å²) in [5.41, 5.74) is 0. The molecule has 0 saturated carbocycles. The van der Waals surface area contributed by atoms with E-state index in [2.05, 4.69) is 57.2 Å². The fourth-order valence-corrected chi connectivity index (χ4v) is 10.6. The van der Waals surface area contributed by atoms with Crippen LogP contribution in [-0.2, 0) is 28.6 Å². The zero-order chi connectivity index (χ0) is 56.4. The minimum Gasteiger partial charge on any atom is -0.462 e. The quantitative estimate of drug-likeness (QED) is 0.0261. The molecule has 0 heterocycles. The second-order valence-electron chi connectivity index (χ2n) is 23.8. The Bertz CT molecular complexity index is 1300. The Balaban J connectivity index is 4.28. The molecule has 1 unspecified atom stereocenters. The van der Waals surface area contributed by atoms with Crippen LogP contribution in [0.3, 0.4) is 0 Å². The van der Waals surface area contributed by atoms with Crippen LogP contribution in [0.5, 0.6) is 0 Å². The van der Waals surface area contributed by atoms with Gasteiger partial charge in [0.05, 0.1) is 0 Å². The van der Waals surface area contributed by atoms with E-state index in [1.807, 2.05) is 0 Å². The molecule has 78 heavy (non-hydrogen) atoms. The number of esters is 3. The zero-order valence-corrected chi connectivity index (χ0v) is 52.7. The van der Waals surface area contributed by atoms with Gasteiger partial charge in [-0.2, -0.15) is 0 Å². The second kappa shape index (κ2) is 67.1. The minimum absolute atomic E-state index is 0.0718. The average Bonchev–Trinajstić information content (AvgIpc) is 3.44. The zero-order valence-electron chi connectivity index (χ0n) is 52.7. The summed E-state index contributed by atoms with van der Waals surface area (Å²) < 4.78 is 17.0. The standard InChI is InChI=1S/C72H134O6/c1-4-7-10-13-16-19-22-25-28-31-33-34-35-36-37-38-40-41-44-47-50-53-56-59-62-65-71(74)77-68-69(67-76-70(73)64-61-58-55-52-49-46-43-30-27-24-21-18-15-12-9-6-3)78-72(75)66-63-60-57-54-51-48-45-42-39-32-29-26-23-20-17-14-11-8-5-2/h17,20,26,29-30,43,69H,4-16,18-19,21-25,27-28,31-42,44-68H2,1-3H3/b20-17-,29-26-,43-30-. The van der Waals surface area contributed by atoms with Gasteiger partial charge in [-0.25, -0.2) is 0 Å². The lowest BCUT2D eigenvalue weighted by Gasteiger charge is -2.18. The van der Waals surface area contributed by atoms with Crippen LogP contribution in [0, 0.1) is 0 Å².